The molecule has 0 fully saturated rings. The fourth-order valence-electron chi connectivity index (χ4n) is 3.74. The molecule has 3 N–H and O–H groups in total. The van der Waals surface area contributed by atoms with Crippen LogP contribution in [0.5, 0.6) is 0 Å². The maximum atomic E-state index is 13.0. The van der Waals surface area contributed by atoms with Gasteiger partial charge in [0.15, 0.2) is 0 Å². The molecule has 0 bridgehead atoms. The average molecular weight is 514 g/mol. The predicted octanol–water partition coefficient (Wildman–Crippen LogP) is 5.54. The number of rotatable bonds is 8. The first-order valence-electron chi connectivity index (χ1n) is 11.7. The number of carbonyl (C=O) groups is 2. The highest BCUT2D eigenvalue weighted by Crippen LogP contribution is 2.21. The van der Waals surface area contributed by atoms with Crippen LogP contribution in [-0.4, -0.2) is 20.2 Å². The van der Waals surface area contributed by atoms with Crippen LogP contribution in [0.1, 0.15) is 44.8 Å². The van der Waals surface area contributed by atoms with Gasteiger partial charge in [0.05, 0.1) is 22.2 Å². The molecule has 0 aliphatic rings. The Morgan fingerprint density at radius 1 is 0.757 bits per heavy atom. The van der Waals surface area contributed by atoms with Crippen molar-refractivity contribution in [3.8, 4) is 0 Å². The first-order chi connectivity index (χ1) is 17.7. The standard InChI is InChI=1S/C29H27N3O4S/c1-20-15-17-25(18-16-20)37(35,36)32-24-12-8-11-23(19-24)28(33)31-27-14-7-6-13-26(27)29(34)30-21(2)22-9-4-3-5-10-22/h3-19,21,32H,1-2H3,(H,30,34)(H,31,33)/t21-/m1/s1. The number of aryl methyl sites for hydroxylation is 1. The lowest BCUT2D eigenvalue weighted by Gasteiger charge is -2.16. The third kappa shape index (κ3) is 6.42. The third-order valence-corrected chi connectivity index (χ3v) is 7.17. The summed E-state index contributed by atoms with van der Waals surface area (Å²) in [7, 11) is -3.82. The Balaban J connectivity index is 1.49. The monoisotopic (exact) mass is 513 g/mol. The zero-order valence-corrected chi connectivity index (χ0v) is 21.3. The maximum absolute atomic E-state index is 13.0. The maximum Gasteiger partial charge on any atom is 0.261 e. The molecular weight excluding hydrogens is 486 g/mol. The molecule has 2 amide bonds. The summed E-state index contributed by atoms with van der Waals surface area (Å²) >= 11 is 0. The van der Waals surface area contributed by atoms with E-state index in [0.29, 0.717) is 11.3 Å². The number of nitrogens with one attached hydrogen (secondary N) is 3. The van der Waals surface area contributed by atoms with Crippen molar-refractivity contribution in [1.82, 2.24) is 5.32 Å². The average Bonchev–Trinajstić information content (AvgIpc) is 2.89. The SMILES string of the molecule is Cc1ccc(S(=O)(=O)Nc2cccc(C(=O)Nc3ccccc3C(=O)N[C@H](C)c3ccccc3)c2)cc1. The second kappa shape index (κ2) is 11.1. The minimum atomic E-state index is -3.82. The number of benzene rings is 4. The Morgan fingerprint density at radius 2 is 1.43 bits per heavy atom. The molecule has 0 saturated heterocycles. The zero-order chi connectivity index (χ0) is 26.4. The van der Waals surface area contributed by atoms with E-state index in [1.807, 2.05) is 44.2 Å². The number of hydrogen-bond donors (Lipinski definition) is 3. The number of hydrogen-bond acceptors (Lipinski definition) is 4. The van der Waals surface area contributed by atoms with Gasteiger partial charge >= 0.3 is 0 Å². The van der Waals surface area contributed by atoms with Crippen molar-refractivity contribution in [2.45, 2.75) is 24.8 Å². The first-order valence-corrected chi connectivity index (χ1v) is 13.2. The van der Waals surface area contributed by atoms with E-state index in [1.165, 1.54) is 18.2 Å². The predicted molar refractivity (Wildman–Crippen MR) is 145 cm³/mol. The van der Waals surface area contributed by atoms with Crippen molar-refractivity contribution in [2.24, 2.45) is 0 Å². The van der Waals surface area contributed by atoms with Gasteiger partial charge in [0.1, 0.15) is 0 Å². The lowest BCUT2D eigenvalue weighted by atomic mass is 10.1. The fourth-order valence-corrected chi connectivity index (χ4v) is 4.79. The molecule has 188 valence electrons. The molecule has 0 aliphatic carbocycles. The molecule has 0 aliphatic heterocycles. The van der Waals surface area contributed by atoms with Crippen LogP contribution in [0.3, 0.4) is 0 Å². The van der Waals surface area contributed by atoms with Crippen molar-refractivity contribution < 1.29 is 18.0 Å². The van der Waals surface area contributed by atoms with E-state index < -0.39 is 15.9 Å². The van der Waals surface area contributed by atoms with Crippen LogP contribution < -0.4 is 15.4 Å². The molecular formula is C29H27N3O4S. The van der Waals surface area contributed by atoms with Gasteiger partial charge in [-0.1, -0.05) is 66.2 Å². The van der Waals surface area contributed by atoms with E-state index in [1.54, 1.807) is 54.6 Å². The molecule has 0 radical (unpaired) electrons. The lowest BCUT2D eigenvalue weighted by Crippen LogP contribution is -2.28. The molecule has 0 spiro atoms. The van der Waals surface area contributed by atoms with E-state index in [4.69, 9.17) is 0 Å². The van der Waals surface area contributed by atoms with E-state index >= 15 is 0 Å². The van der Waals surface area contributed by atoms with Crippen molar-refractivity contribution in [3.05, 3.63) is 125 Å². The highest BCUT2D eigenvalue weighted by atomic mass is 32.2. The van der Waals surface area contributed by atoms with Crippen LogP contribution >= 0.6 is 0 Å². The van der Waals surface area contributed by atoms with Crippen molar-refractivity contribution in [3.63, 3.8) is 0 Å². The summed E-state index contributed by atoms with van der Waals surface area (Å²) in [5, 5.41) is 5.72. The summed E-state index contributed by atoms with van der Waals surface area (Å²) in [6.45, 7) is 3.76. The molecule has 0 aromatic heterocycles. The van der Waals surface area contributed by atoms with Gasteiger partial charge in [0, 0.05) is 11.3 Å². The molecule has 4 rings (SSSR count). The summed E-state index contributed by atoms with van der Waals surface area (Å²) in [5.41, 5.74) is 3.04. The Labute approximate surface area is 216 Å². The summed E-state index contributed by atoms with van der Waals surface area (Å²) in [5.74, 6) is -0.806. The third-order valence-electron chi connectivity index (χ3n) is 5.78. The van der Waals surface area contributed by atoms with Crippen LogP contribution in [0.4, 0.5) is 11.4 Å². The Kier molecular flexibility index (Phi) is 7.69. The molecule has 0 unspecified atom stereocenters. The quantitative estimate of drug-likeness (QED) is 0.288. The van der Waals surface area contributed by atoms with Gasteiger partial charge in [0.25, 0.3) is 21.8 Å². The minimum absolute atomic E-state index is 0.123. The van der Waals surface area contributed by atoms with Gasteiger partial charge in [-0.2, -0.15) is 0 Å². The van der Waals surface area contributed by atoms with Gasteiger partial charge in [-0.25, -0.2) is 8.42 Å². The highest BCUT2D eigenvalue weighted by Gasteiger charge is 2.18. The van der Waals surface area contributed by atoms with E-state index in [2.05, 4.69) is 15.4 Å². The largest absolute Gasteiger partial charge is 0.345 e. The van der Waals surface area contributed by atoms with Crippen molar-refractivity contribution >= 4 is 33.2 Å². The molecule has 8 heteroatoms. The molecule has 0 heterocycles. The van der Waals surface area contributed by atoms with Gasteiger partial charge < -0.3 is 10.6 Å². The summed E-state index contributed by atoms with van der Waals surface area (Å²) < 4.78 is 28.0. The van der Waals surface area contributed by atoms with Crippen molar-refractivity contribution in [1.29, 1.82) is 0 Å². The molecule has 37 heavy (non-hydrogen) atoms. The van der Waals surface area contributed by atoms with Gasteiger partial charge in [0.2, 0.25) is 0 Å². The molecule has 0 saturated carbocycles. The van der Waals surface area contributed by atoms with Gasteiger partial charge in [-0.15, -0.1) is 0 Å². The fraction of sp³-hybridized carbons (Fsp3) is 0.103. The lowest BCUT2D eigenvalue weighted by molar-refractivity contribution is 0.0940. The molecule has 7 nitrogen and oxygen atoms in total. The minimum Gasteiger partial charge on any atom is -0.345 e. The summed E-state index contributed by atoms with van der Waals surface area (Å²) in [6.07, 6.45) is 0. The van der Waals surface area contributed by atoms with Crippen LogP contribution in [-0.2, 0) is 10.0 Å². The second-order valence-electron chi connectivity index (χ2n) is 8.60. The Bertz CT molecular complexity index is 1520. The Morgan fingerprint density at radius 3 is 2.16 bits per heavy atom. The van der Waals surface area contributed by atoms with E-state index in [-0.39, 0.29) is 28.1 Å². The normalized spacial score (nSPS) is 11.8. The van der Waals surface area contributed by atoms with Gasteiger partial charge in [-0.05, 0) is 61.9 Å². The van der Waals surface area contributed by atoms with Crippen LogP contribution in [0, 0.1) is 6.92 Å². The zero-order valence-electron chi connectivity index (χ0n) is 20.4. The number of amides is 2. The number of sulfonamides is 1. The molecule has 4 aromatic rings. The number of carbonyl (C=O) groups excluding carboxylic acids is 2. The van der Waals surface area contributed by atoms with E-state index in [0.717, 1.165) is 11.1 Å². The second-order valence-corrected chi connectivity index (χ2v) is 10.3. The highest BCUT2D eigenvalue weighted by molar-refractivity contribution is 7.92. The van der Waals surface area contributed by atoms with E-state index in [9.17, 15) is 18.0 Å². The van der Waals surface area contributed by atoms with Crippen molar-refractivity contribution in [2.75, 3.05) is 10.0 Å². The van der Waals surface area contributed by atoms with Crippen LogP contribution in [0.15, 0.2) is 108 Å². The molecule has 1 atom stereocenters. The molecule has 4 aromatic carbocycles. The first kappa shape index (κ1) is 25.7. The topological polar surface area (TPSA) is 104 Å². The number of para-hydroxylation sites is 1. The van der Waals surface area contributed by atoms with Crippen LogP contribution in [0.25, 0.3) is 0 Å². The number of anilines is 2. The van der Waals surface area contributed by atoms with Crippen LogP contribution in [0.2, 0.25) is 0 Å². The summed E-state index contributed by atoms with van der Waals surface area (Å²) in [4.78, 5) is 26.2. The Hall–Kier alpha value is -4.43. The van der Waals surface area contributed by atoms with Gasteiger partial charge in [-0.3, -0.25) is 14.3 Å². The summed E-state index contributed by atoms with van der Waals surface area (Å²) in [6, 6.07) is 28.7. The smallest absolute Gasteiger partial charge is 0.261 e.